The molecule has 2 aromatic rings. The van der Waals surface area contributed by atoms with E-state index in [-0.39, 0.29) is 11.9 Å². The van der Waals surface area contributed by atoms with E-state index < -0.39 is 0 Å². The monoisotopic (exact) mass is 398 g/mol. The van der Waals surface area contributed by atoms with Crippen molar-refractivity contribution in [1.29, 1.82) is 0 Å². The zero-order valence-electron chi connectivity index (χ0n) is 16.4. The van der Waals surface area contributed by atoms with Crippen LogP contribution in [0.5, 0.6) is 0 Å². The first-order chi connectivity index (χ1) is 13.8. The predicted octanol–water partition coefficient (Wildman–Crippen LogP) is 4.30. The average Bonchev–Trinajstić information content (AvgIpc) is 3.28. The number of piperidine rings is 1. The van der Waals surface area contributed by atoms with E-state index in [0.717, 1.165) is 23.9 Å². The van der Waals surface area contributed by atoms with Crippen LogP contribution in [-0.2, 0) is 0 Å². The van der Waals surface area contributed by atoms with Gasteiger partial charge in [-0.1, -0.05) is 25.3 Å². The lowest BCUT2D eigenvalue weighted by molar-refractivity contribution is 0.0855. The van der Waals surface area contributed by atoms with Crippen molar-refractivity contribution >= 4 is 17.2 Å². The average molecular weight is 399 g/mol. The smallest absolute Gasteiger partial charge is 0.270 e. The molecule has 2 atom stereocenters. The first kappa shape index (κ1) is 19.5. The van der Waals surface area contributed by atoms with Gasteiger partial charge in [0.05, 0.1) is 6.04 Å². The van der Waals surface area contributed by atoms with Crippen molar-refractivity contribution in [3.63, 3.8) is 0 Å². The molecule has 0 radical (unpaired) electrons. The summed E-state index contributed by atoms with van der Waals surface area (Å²) in [6.45, 7) is 3.45. The molecule has 1 aliphatic carbocycles. The summed E-state index contributed by atoms with van der Waals surface area (Å²) in [5, 5.41) is 6.26. The van der Waals surface area contributed by atoms with Crippen molar-refractivity contribution in [3.05, 3.63) is 46.7 Å². The van der Waals surface area contributed by atoms with Gasteiger partial charge in [0.1, 0.15) is 10.7 Å². The number of aromatic nitrogens is 2. The van der Waals surface area contributed by atoms with Crippen LogP contribution >= 0.6 is 11.3 Å². The lowest BCUT2D eigenvalue weighted by atomic mass is 9.86. The largest absolute Gasteiger partial charge is 0.341 e. The molecule has 5 nitrogen and oxygen atoms in total. The van der Waals surface area contributed by atoms with Crippen LogP contribution in [0.15, 0.2) is 36.0 Å². The number of nitrogens with one attached hydrogen (secondary N) is 1. The third kappa shape index (κ3) is 4.97. The molecule has 2 aromatic heterocycles. The molecule has 1 saturated carbocycles. The van der Waals surface area contributed by atoms with Crippen LogP contribution in [0.25, 0.3) is 0 Å². The summed E-state index contributed by atoms with van der Waals surface area (Å²) in [6, 6.07) is 5.42. The van der Waals surface area contributed by atoms with Gasteiger partial charge in [-0.05, 0) is 56.2 Å². The van der Waals surface area contributed by atoms with Crippen molar-refractivity contribution in [1.82, 2.24) is 20.2 Å². The third-order valence-electron chi connectivity index (χ3n) is 6.16. The highest BCUT2D eigenvalue weighted by atomic mass is 32.1. The molecule has 1 amide bonds. The zero-order valence-corrected chi connectivity index (χ0v) is 17.2. The van der Waals surface area contributed by atoms with Crippen LogP contribution in [0.3, 0.4) is 0 Å². The predicted molar refractivity (Wildman–Crippen MR) is 112 cm³/mol. The van der Waals surface area contributed by atoms with E-state index in [9.17, 15) is 4.79 Å². The minimum Gasteiger partial charge on any atom is -0.341 e. The quantitative estimate of drug-likeness (QED) is 0.788. The van der Waals surface area contributed by atoms with Crippen molar-refractivity contribution in [2.45, 2.75) is 51.0 Å². The van der Waals surface area contributed by atoms with Gasteiger partial charge in [0, 0.05) is 30.9 Å². The van der Waals surface area contributed by atoms with Crippen molar-refractivity contribution in [2.75, 3.05) is 19.6 Å². The molecule has 2 fully saturated rings. The van der Waals surface area contributed by atoms with Crippen molar-refractivity contribution in [3.8, 4) is 0 Å². The Balaban J connectivity index is 1.44. The van der Waals surface area contributed by atoms with E-state index >= 15 is 0 Å². The fraction of sp³-hybridized carbons (Fsp3) is 0.591. The van der Waals surface area contributed by atoms with E-state index in [1.165, 1.54) is 51.6 Å². The fourth-order valence-corrected chi connectivity index (χ4v) is 5.53. The number of likely N-dealkylation sites (tertiary alicyclic amines) is 1. The molecule has 2 unspecified atom stereocenters. The Hall–Kier alpha value is -1.79. The van der Waals surface area contributed by atoms with E-state index in [2.05, 4.69) is 20.2 Å². The topological polar surface area (TPSA) is 58.1 Å². The first-order valence-corrected chi connectivity index (χ1v) is 11.5. The van der Waals surface area contributed by atoms with E-state index in [1.807, 2.05) is 23.7 Å². The summed E-state index contributed by atoms with van der Waals surface area (Å²) >= 11 is 1.63. The lowest BCUT2D eigenvalue weighted by Crippen LogP contribution is -2.44. The van der Waals surface area contributed by atoms with Gasteiger partial charge >= 0.3 is 0 Å². The van der Waals surface area contributed by atoms with Crippen LogP contribution in [0, 0.1) is 11.8 Å². The van der Waals surface area contributed by atoms with Gasteiger partial charge in [0.15, 0.2) is 0 Å². The fourth-order valence-electron chi connectivity index (χ4n) is 4.75. The minimum absolute atomic E-state index is 0.0383. The number of rotatable bonds is 6. The minimum atomic E-state index is -0.106. The molecule has 6 heteroatoms. The van der Waals surface area contributed by atoms with Gasteiger partial charge in [-0.2, -0.15) is 0 Å². The summed E-state index contributed by atoms with van der Waals surface area (Å²) in [6.07, 6.45) is 12.8. The number of carbonyl (C=O) groups excluding carboxylic acids is 1. The highest BCUT2D eigenvalue weighted by Gasteiger charge is 2.32. The van der Waals surface area contributed by atoms with Gasteiger partial charge in [-0.3, -0.25) is 9.78 Å². The maximum absolute atomic E-state index is 12.8. The highest BCUT2D eigenvalue weighted by Crippen LogP contribution is 2.33. The molecule has 3 heterocycles. The highest BCUT2D eigenvalue weighted by molar-refractivity contribution is 7.09. The van der Waals surface area contributed by atoms with Gasteiger partial charge in [-0.15, -0.1) is 11.3 Å². The van der Waals surface area contributed by atoms with Crippen molar-refractivity contribution < 1.29 is 4.79 Å². The number of thiazole rings is 1. The van der Waals surface area contributed by atoms with Crippen molar-refractivity contribution in [2.24, 2.45) is 11.8 Å². The zero-order chi connectivity index (χ0) is 19.2. The molecule has 150 valence electrons. The Labute approximate surface area is 171 Å². The Morgan fingerprint density at radius 3 is 2.79 bits per heavy atom. The molecular formula is C22H30N4OS. The number of amides is 1. The molecule has 1 N–H and O–H groups in total. The molecule has 28 heavy (non-hydrogen) atoms. The Morgan fingerprint density at radius 1 is 1.14 bits per heavy atom. The second-order valence-corrected chi connectivity index (χ2v) is 9.13. The summed E-state index contributed by atoms with van der Waals surface area (Å²) in [7, 11) is 0. The number of hydrogen-bond acceptors (Lipinski definition) is 5. The maximum atomic E-state index is 12.8. The Bertz CT molecular complexity index is 730. The Morgan fingerprint density at radius 2 is 2.04 bits per heavy atom. The molecule has 0 aromatic carbocycles. The SMILES string of the molecule is O=C(NC(c1nccs1)C1CCCN(CC2CCCCC2)C1)c1ccccn1. The number of pyridine rings is 1. The van der Waals surface area contributed by atoms with Gasteiger partial charge < -0.3 is 10.2 Å². The normalized spacial score (nSPS) is 22.6. The van der Waals surface area contributed by atoms with E-state index in [4.69, 9.17) is 0 Å². The van der Waals surface area contributed by atoms with Crippen LogP contribution in [0.1, 0.15) is 66.5 Å². The number of hydrogen-bond donors (Lipinski definition) is 1. The number of carbonyl (C=O) groups is 1. The maximum Gasteiger partial charge on any atom is 0.270 e. The van der Waals surface area contributed by atoms with E-state index in [0.29, 0.717) is 11.6 Å². The van der Waals surface area contributed by atoms with Gasteiger partial charge in [-0.25, -0.2) is 4.98 Å². The van der Waals surface area contributed by atoms with Crippen LogP contribution in [0.4, 0.5) is 0 Å². The molecule has 4 rings (SSSR count). The van der Waals surface area contributed by atoms with Crippen LogP contribution < -0.4 is 5.32 Å². The standard InChI is InChI=1S/C22H30N4OS/c27-21(19-10-4-5-11-23-19)25-20(22-24-12-14-28-22)18-9-6-13-26(16-18)15-17-7-2-1-3-8-17/h4-5,10-12,14,17-18,20H,1-3,6-9,13,15-16H2,(H,25,27). The molecule has 0 spiro atoms. The summed E-state index contributed by atoms with van der Waals surface area (Å²) < 4.78 is 0. The molecule has 0 bridgehead atoms. The lowest BCUT2D eigenvalue weighted by Gasteiger charge is -2.38. The first-order valence-electron chi connectivity index (χ1n) is 10.6. The van der Waals surface area contributed by atoms with Gasteiger partial charge in [0.25, 0.3) is 5.91 Å². The summed E-state index contributed by atoms with van der Waals surface area (Å²) in [4.78, 5) is 24.2. The van der Waals surface area contributed by atoms with E-state index in [1.54, 1.807) is 23.6 Å². The molecular weight excluding hydrogens is 368 g/mol. The molecule has 1 saturated heterocycles. The summed E-state index contributed by atoms with van der Waals surface area (Å²) in [5.41, 5.74) is 0.471. The second-order valence-electron chi connectivity index (χ2n) is 8.20. The molecule has 1 aliphatic heterocycles. The van der Waals surface area contributed by atoms with Gasteiger partial charge in [0.2, 0.25) is 0 Å². The third-order valence-corrected chi connectivity index (χ3v) is 7.01. The van der Waals surface area contributed by atoms with Crippen LogP contribution in [0.2, 0.25) is 0 Å². The van der Waals surface area contributed by atoms with Crippen LogP contribution in [-0.4, -0.2) is 40.4 Å². The number of nitrogens with zero attached hydrogens (tertiary/aromatic N) is 3. The Kier molecular flexibility index (Phi) is 6.70. The molecule has 2 aliphatic rings. The second kappa shape index (κ2) is 9.61. The summed E-state index contributed by atoms with van der Waals surface area (Å²) in [5.74, 6) is 1.15.